The van der Waals surface area contributed by atoms with Crippen molar-refractivity contribution in [2.24, 2.45) is 0 Å². The van der Waals surface area contributed by atoms with Gasteiger partial charge in [0.05, 0.1) is 28.4 Å². The van der Waals surface area contributed by atoms with Crippen LogP contribution in [-0.2, 0) is 11.3 Å². The molecule has 0 saturated heterocycles. The maximum atomic E-state index is 11.5. The molecule has 0 radical (unpaired) electrons. The number of methoxy groups -OCH3 is 1. The zero-order chi connectivity index (χ0) is 15.4. The second-order valence-electron chi connectivity index (χ2n) is 4.25. The Balaban J connectivity index is 2.16. The number of ether oxygens (including phenoxy) is 1. The van der Waals surface area contributed by atoms with Crippen LogP contribution in [-0.4, -0.2) is 13.1 Å². The number of benzene rings is 2. The van der Waals surface area contributed by atoms with Gasteiger partial charge in [-0.1, -0.05) is 51.3 Å². The van der Waals surface area contributed by atoms with Crippen LogP contribution in [0.25, 0.3) is 0 Å². The fourth-order valence-corrected chi connectivity index (χ4v) is 2.84. The van der Waals surface area contributed by atoms with Gasteiger partial charge in [-0.25, -0.2) is 4.79 Å². The Bertz CT molecular complexity index is 656. The molecule has 3 nitrogen and oxygen atoms in total. The number of halogens is 3. The predicted molar refractivity (Wildman–Crippen MR) is 89.3 cm³/mol. The van der Waals surface area contributed by atoms with E-state index < -0.39 is 0 Å². The molecular weight excluding hydrogens is 377 g/mol. The molecule has 0 unspecified atom stereocenters. The smallest absolute Gasteiger partial charge is 0.337 e. The summed E-state index contributed by atoms with van der Waals surface area (Å²) >= 11 is 15.6. The quantitative estimate of drug-likeness (QED) is 0.735. The van der Waals surface area contributed by atoms with Crippen molar-refractivity contribution in [2.45, 2.75) is 6.54 Å². The molecule has 0 amide bonds. The van der Waals surface area contributed by atoms with E-state index in [1.807, 2.05) is 6.07 Å². The molecular formula is C15H12BrCl2NO2. The minimum absolute atomic E-state index is 0.371. The van der Waals surface area contributed by atoms with Gasteiger partial charge in [0.15, 0.2) is 0 Å². The summed E-state index contributed by atoms with van der Waals surface area (Å²) in [6.07, 6.45) is 0. The molecule has 2 aromatic rings. The van der Waals surface area contributed by atoms with Gasteiger partial charge in [0, 0.05) is 11.0 Å². The number of carbonyl (C=O) groups is 1. The van der Waals surface area contributed by atoms with Crippen LogP contribution in [0.2, 0.25) is 10.0 Å². The van der Waals surface area contributed by atoms with Crippen LogP contribution < -0.4 is 5.32 Å². The number of anilines is 1. The Morgan fingerprint density at radius 2 is 1.90 bits per heavy atom. The van der Waals surface area contributed by atoms with E-state index in [0.717, 1.165) is 10.0 Å². The van der Waals surface area contributed by atoms with Crippen LogP contribution in [0.15, 0.2) is 40.9 Å². The summed E-state index contributed by atoms with van der Waals surface area (Å²) in [6, 6.07) is 10.6. The zero-order valence-electron chi connectivity index (χ0n) is 11.1. The molecule has 0 saturated carbocycles. The molecule has 2 aromatic carbocycles. The molecule has 0 spiro atoms. The Kier molecular flexibility index (Phi) is 5.51. The first kappa shape index (κ1) is 16.1. The van der Waals surface area contributed by atoms with Crippen LogP contribution in [0.3, 0.4) is 0 Å². The number of nitrogens with one attached hydrogen (secondary N) is 1. The van der Waals surface area contributed by atoms with Crippen molar-refractivity contribution < 1.29 is 9.53 Å². The van der Waals surface area contributed by atoms with Gasteiger partial charge in [0.2, 0.25) is 0 Å². The summed E-state index contributed by atoms with van der Waals surface area (Å²) in [5.74, 6) is -0.371. The molecule has 110 valence electrons. The lowest BCUT2D eigenvalue weighted by Crippen LogP contribution is -2.04. The average Bonchev–Trinajstić information content (AvgIpc) is 2.47. The summed E-state index contributed by atoms with van der Waals surface area (Å²) in [5, 5.41) is 4.31. The van der Waals surface area contributed by atoms with E-state index in [4.69, 9.17) is 23.2 Å². The summed E-state index contributed by atoms with van der Waals surface area (Å²) in [7, 11) is 1.35. The van der Waals surface area contributed by atoms with Crippen molar-refractivity contribution in [3.63, 3.8) is 0 Å². The monoisotopic (exact) mass is 387 g/mol. The van der Waals surface area contributed by atoms with Gasteiger partial charge in [0.25, 0.3) is 0 Å². The van der Waals surface area contributed by atoms with E-state index in [1.165, 1.54) is 7.11 Å². The van der Waals surface area contributed by atoms with Crippen molar-refractivity contribution in [2.75, 3.05) is 12.4 Å². The second kappa shape index (κ2) is 7.16. The lowest BCUT2D eigenvalue weighted by atomic mass is 10.1. The van der Waals surface area contributed by atoms with Gasteiger partial charge in [-0.15, -0.1) is 0 Å². The minimum Gasteiger partial charge on any atom is -0.465 e. The van der Waals surface area contributed by atoms with Crippen LogP contribution in [0.4, 0.5) is 5.69 Å². The number of hydrogen-bond donors (Lipinski definition) is 1. The topological polar surface area (TPSA) is 38.3 Å². The Morgan fingerprint density at radius 3 is 2.48 bits per heavy atom. The fourth-order valence-electron chi connectivity index (χ4n) is 1.79. The molecule has 0 aliphatic carbocycles. The third kappa shape index (κ3) is 3.90. The highest BCUT2D eigenvalue weighted by molar-refractivity contribution is 9.10. The molecule has 0 aliphatic rings. The Labute approximate surface area is 141 Å². The standard InChI is InChI=1S/C15H12BrCl2NO2/c1-21-15(20)9-5-6-10(11(16)7-9)8-19-14-12(17)3-2-4-13(14)18/h2-7,19H,8H2,1H3. The molecule has 0 fully saturated rings. The van der Waals surface area contributed by atoms with Crippen LogP contribution in [0, 0.1) is 0 Å². The second-order valence-corrected chi connectivity index (χ2v) is 5.92. The number of carbonyl (C=O) groups excluding carboxylic acids is 1. The van der Waals surface area contributed by atoms with E-state index in [0.29, 0.717) is 27.8 Å². The van der Waals surface area contributed by atoms with Crippen LogP contribution in [0.1, 0.15) is 15.9 Å². The summed E-state index contributed by atoms with van der Waals surface area (Å²) in [4.78, 5) is 11.5. The summed E-state index contributed by atoms with van der Waals surface area (Å²) in [6.45, 7) is 0.519. The van der Waals surface area contributed by atoms with Crippen molar-refractivity contribution in [1.29, 1.82) is 0 Å². The molecule has 0 atom stereocenters. The number of rotatable bonds is 4. The van der Waals surface area contributed by atoms with Gasteiger partial charge in [0.1, 0.15) is 0 Å². The molecule has 2 rings (SSSR count). The highest BCUT2D eigenvalue weighted by Crippen LogP contribution is 2.31. The maximum Gasteiger partial charge on any atom is 0.337 e. The third-order valence-corrected chi connectivity index (χ3v) is 4.26. The van der Waals surface area contributed by atoms with E-state index >= 15 is 0 Å². The first-order valence-electron chi connectivity index (χ1n) is 6.07. The van der Waals surface area contributed by atoms with Gasteiger partial charge < -0.3 is 10.1 Å². The Hall–Kier alpha value is -1.23. The molecule has 1 N–H and O–H groups in total. The number of esters is 1. The highest BCUT2D eigenvalue weighted by atomic mass is 79.9. The van der Waals surface area contributed by atoms with Crippen molar-refractivity contribution >= 4 is 50.8 Å². The summed E-state index contributed by atoms with van der Waals surface area (Å²) in [5.41, 5.74) is 2.15. The normalized spacial score (nSPS) is 10.3. The fraction of sp³-hybridized carbons (Fsp3) is 0.133. The number of hydrogen-bond acceptors (Lipinski definition) is 3. The van der Waals surface area contributed by atoms with Crippen molar-refractivity contribution in [3.05, 3.63) is 62.0 Å². The van der Waals surface area contributed by atoms with Gasteiger partial charge in [-0.2, -0.15) is 0 Å². The molecule has 0 aromatic heterocycles. The SMILES string of the molecule is COC(=O)c1ccc(CNc2c(Cl)cccc2Cl)c(Br)c1. The molecule has 6 heteroatoms. The highest BCUT2D eigenvalue weighted by Gasteiger charge is 2.10. The van der Waals surface area contributed by atoms with E-state index in [2.05, 4.69) is 26.0 Å². The van der Waals surface area contributed by atoms with Gasteiger partial charge in [-0.3, -0.25) is 0 Å². The minimum atomic E-state index is -0.371. The zero-order valence-corrected chi connectivity index (χ0v) is 14.2. The van der Waals surface area contributed by atoms with Crippen LogP contribution in [0.5, 0.6) is 0 Å². The lowest BCUT2D eigenvalue weighted by Gasteiger charge is -2.12. The molecule has 0 bridgehead atoms. The van der Waals surface area contributed by atoms with Gasteiger partial charge >= 0.3 is 5.97 Å². The third-order valence-electron chi connectivity index (χ3n) is 2.89. The lowest BCUT2D eigenvalue weighted by molar-refractivity contribution is 0.0600. The largest absolute Gasteiger partial charge is 0.465 e. The van der Waals surface area contributed by atoms with Gasteiger partial charge in [-0.05, 0) is 29.8 Å². The van der Waals surface area contributed by atoms with Crippen LogP contribution >= 0.6 is 39.1 Å². The molecule has 0 aliphatic heterocycles. The maximum absolute atomic E-state index is 11.5. The summed E-state index contributed by atoms with van der Waals surface area (Å²) < 4.78 is 5.49. The van der Waals surface area contributed by atoms with E-state index in [1.54, 1.807) is 30.3 Å². The van der Waals surface area contributed by atoms with E-state index in [9.17, 15) is 4.79 Å². The van der Waals surface area contributed by atoms with Crippen molar-refractivity contribution in [3.8, 4) is 0 Å². The molecule has 21 heavy (non-hydrogen) atoms. The van der Waals surface area contributed by atoms with E-state index in [-0.39, 0.29) is 5.97 Å². The Morgan fingerprint density at radius 1 is 1.24 bits per heavy atom. The molecule has 0 heterocycles. The first-order valence-corrected chi connectivity index (χ1v) is 7.62. The predicted octanol–water partition coefficient (Wildman–Crippen LogP) is 5.15. The first-order chi connectivity index (χ1) is 10.0. The van der Waals surface area contributed by atoms with Crippen molar-refractivity contribution in [1.82, 2.24) is 0 Å². The average molecular weight is 389 g/mol. The number of para-hydroxylation sites is 1.